The first-order chi connectivity index (χ1) is 9.11. The van der Waals surface area contributed by atoms with Gasteiger partial charge in [0.15, 0.2) is 11.5 Å². The lowest BCUT2D eigenvalue weighted by Gasteiger charge is -2.16. The van der Waals surface area contributed by atoms with Crippen molar-refractivity contribution in [3.63, 3.8) is 0 Å². The Hall–Kier alpha value is -1.79. The van der Waals surface area contributed by atoms with Crippen LogP contribution in [0.15, 0.2) is 12.1 Å². The largest absolute Gasteiger partial charge is 0.481 e. The smallest absolute Gasteiger partial charge is 0.303 e. The molecule has 1 aliphatic rings. The molecule has 1 aliphatic heterocycles. The number of carboxylic acids is 1. The molecule has 1 heterocycles. The van der Waals surface area contributed by atoms with E-state index in [9.17, 15) is 4.79 Å². The van der Waals surface area contributed by atoms with Gasteiger partial charge in [-0.1, -0.05) is 0 Å². The maximum absolute atomic E-state index is 10.6. The summed E-state index contributed by atoms with van der Waals surface area (Å²) in [5.41, 5.74) is 7.79. The van der Waals surface area contributed by atoms with Gasteiger partial charge in [-0.2, -0.15) is 0 Å². The van der Waals surface area contributed by atoms with Crippen LogP contribution >= 0.6 is 0 Å². The van der Waals surface area contributed by atoms with Crippen molar-refractivity contribution in [3.8, 4) is 11.5 Å². The second-order valence-corrected chi connectivity index (χ2v) is 4.38. The van der Waals surface area contributed by atoms with Crippen LogP contribution in [0.25, 0.3) is 0 Å². The fourth-order valence-corrected chi connectivity index (χ4v) is 2.06. The van der Waals surface area contributed by atoms with Crippen molar-refractivity contribution in [3.05, 3.63) is 23.3 Å². The van der Waals surface area contributed by atoms with Crippen LogP contribution in [0.5, 0.6) is 11.5 Å². The lowest BCUT2D eigenvalue weighted by Crippen LogP contribution is -2.14. The summed E-state index contributed by atoms with van der Waals surface area (Å²) in [6.45, 7) is 0.586. The predicted octanol–water partition coefficient (Wildman–Crippen LogP) is 1.43. The molecule has 0 amide bonds. The van der Waals surface area contributed by atoms with Crippen molar-refractivity contribution >= 4 is 5.97 Å². The van der Waals surface area contributed by atoms with Gasteiger partial charge in [-0.15, -0.1) is 0 Å². The number of ether oxygens (including phenoxy) is 3. The second-order valence-electron chi connectivity index (χ2n) is 4.38. The molecule has 19 heavy (non-hydrogen) atoms. The zero-order chi connectivity index (χ0) is 13.8. The van der Waals surface area contributed by atoms with E-state index < -0.39 is 5.97 Å². The first-order valence-corrected chi connectivity index (χ1v) is 6.00. The van der Waals surface area contributed by atoms with Crippen LogP contribution < -0.4 is 15.2 Å². The maximum Gasteiger partial charge on any atom is 0.303 e. The van der Waals surface area contributed by atoms with E-state index in [1.807, 2.05) is 12.1 Å². The van der Waals surface area contributed by atoms with Gasteiger partial charge in [-0.3, -0.25) is 4.79 Å². The lowest BCUT2D eigenvalue weighted by molar-refractivity contribution is -0.137. The fourth-order valence-electron chi connectivity index (χ4n) is 2.06. The number of hydrogen-bond acceptors (Lipinski definition) is 5. The molecule has 0 radical (unpaired) electrons. The van der Waals surface area contributed by atoms with Gasteiger partial charge >= 0.3 is 5.97 Å². The van der Waals surface area contributed by atoms with Crippen molar-refractivity contribution in [2.45, 2.75) is 25.5 Å². The highest BCUT2D eigenvalue weighted by atomic mass is 16.7. The molecule has 1 atom stereocenters. The number of methoxy groups -OCH3 is 1. The van der Waals surface area contributed by atoms with Crippen molar-refractivity contribution in [1.29, 1.82) is 0 Å². The third-order valence-electron chi connectivity index (χ3n) is 3.00. The average molecular weight is 267 g/mol. The molecule has 0 fully saturated rings. The zero-order valence-corrected chi connectivity index (χ0v) is 10.7. The number of benzene rings is 1. The van der Waals surface area contributed by atoms with Gasteiger partial charge in [0.05, 0.1) is 6.61 Å². The fraction of sp³-hybridized carbons (Fsp3) is 0.462. The molecule has 0 aliphatic carbocycles. The normalized spacial score (nSPS) is 14.4. The van der Waals surface area contributed by atoms with Gasteiger partial charge in [-0.05, 0) is 29.7 Å². The topological polar surface area (TPSA) is 91.0 Å². The number of hydrogen-bond donors (Lipinski definition) is 2. The van der Waals surface area contributed by atoms with Crippen LogP contribution in [0.4, 0.5) is 0 Å². The minimum Gasteiger partial charge on any atom is -0.481 e. The lowest BCUT2D eigenvalue weighted by atomic mass is 9.97. The molecule has 0 bridgehead atoms. The first kappa shape index (κ1) is 13.6. The zero-order valence-electron chi connectivity index (χ0n) is 10.7. The number of rotatable bonds is 6. The predicted molar refractivity (Wildman–Crippen MR) is 67.1 cm³/mol. The highest BCUT2D eigenvalue weighted by Crippen LogP contribution is 2.37. The molecule has 104 valence electrons. The van der Waals surface area contributed by atoms with E-state index in [2.05, 4.69) is 0 Å². The van der Waals surface area contributed by atoms with Gasteiger partial charge in [0.2, 0.25) is 6.79 Å². The van der Waals surface area contributed by atoms with Crippen molar-refractivity contribution < 1.29 is 24.1 Å². The molecular weight excluding hydrogens is 250 g/mol. The molecule has 0 spiro atoms. The summed E-state index contributed by atoms with van der Waals surface area (Å²) in [4.78, 5) is 10.6. The maximum atomic E-state index is 10.6. The molecule has 1 aromatic carbocycles. The highest BCUT2D eigenvalue weighted by Gasteiger charge is 2.20. The van der Waals surface area contributed by atoms with E-state index >= 15 is 0 Å². The Morgan fingerprint density at radius 3 is 2.79 bits per heavy atom. The average Bonchev–Trinajstić information content (AvgIpc) is 2.82. The Morgan fingerprint density at radius 1 is 1.47 bits per heavy atom. The summed E-state index contributed by atoms with van der Waals surface area (Å²) in [7, 11) is 1.59. The monoisotopic (exact) mass is 267 g/mol. The molecule has 6 nitrogen and oxygen atoms in total. The van der Waals surface area contributed by atoms with Crippen LogP contribution in [-0.4, -0.2) is 25.0 Å². The van der Waals surface area contributed by atoms with E-state index in [0.717, 1.165) is 11.1 Å². The molecule has 1 aromatic rings. The van der Waals surface area contributed by atoms with Crippen LogP contribution in [-0.2, 0) is 16.1 Å². The molecule has 0 saturated heterocycles. The Labute approximate surface area is 111 Å². The standard InChI is InChI=1S/C13H17NO5/c1-17-6-8-4-11-12(19-7-18-11)5-9(8)10(14)2-3-13(15)16/h4-5,10H,2-3,6-7,14H2,1H3,(H,15,16). The number of aliphatic carboxylic acids is 1. The first-order valence-electron chi connectivity index (χ1n) is 6.00. The molecule has 0 saturated carbocycles. The van der Waals surface area contributed by atoms with Crippen molar-refractivity contribution in [2.75, 3.05) is 13.9 Å². The molecule has 3 N–H and O–H groups in total. The minimum atomic E-state index is -0.857. The number of carbonyl (C=O) groups is 1. The Balaban J connectivity index is 2.23. The summed E-state index contributed by atoms with van der Waals surface area (Å²) in [6, 6.07) is 3.28. The quantitative estimate of drug-likeness (QED) is 0.810. The molecule has 2 rings (SSSR count). The second kappa shape index (κ2) is 5.90. The van der Waals surface area contributed by atoms with Crippen LogP contribution in [0.3, 0.4) is 0 Å². The Kier molecular flexibility index (Phi) is 4.24. The summed E-state index contributed by atoms with van der Waals surface area (Å²) in [5.74, 6) is 0.450. The number of fused-ring (bicyclic) bond motifs is 1. The Morgan fingerprint density at radius 2 is 2.16 bits per heavy atom. The van der Waals surface area contributed by atoms with E-state index in [1.54, 1.807) is 7.11 Å². The molecule has 0 aromatic heterocycles. The van der Waals surface area contributed by atoms with E-state index in [0.29, 0.717) is 24.5 Å². The van der Waals surface area contributed by atoms with E-state index in [1.165, 1.54) is 0 Å². The summed E-state index contributed by atoms with van der Waals surface area (Å²) < 4.78 is 15.8. The Bertz CT molecular complexity index is 474. The van der Waals surface area contributed by atoms with Crippen LogP contribution in [0.1, 0.15) is 30.0 Å². The molecule has 1 unspecified atom stereocenters. The number of carboxylic acid groups (broad SMARTS) is 1. The minimum absolute atomic E-state index is 0.0298. The van der Waals surface area contributed by atoms with E-state index in [4.69, 9.17) is 25.1 Å². The highest BCUT2D eigenvalue weighted by molar-refractivity contribution is 5.66. The number of nitrogens with two attached hydrogens (primary N) is 1. The van der Waals surface area contributed by atoms with E-state index in [-0.39, 0.29) is 19.3 Å². The van der Waals surface area contributed by atoms with Crippen LogP contribution in [0, 0.1) is 0 Å². The SMILES string of the molecule is COCc1cc2c(cc1C(N)CCC(=O)O)OCO2. The van der Waals surface area contributed by atoms with Gasteiger partial charge in [0, 0.05) is 19.6 Å². The third-order valence-corrected chi connectivity index (χ3v) is 3.00. The van der Waals surface area contributed by atoms with Gasteiger partial charge in [0.1, 0.15) is 0 Å². The van der Waals surface area contributed by atoms with Crippen LogP contribution in [0.2, 0.25) is 0 Å². The molecule has 6 heteroatoms. The summed E-state index contributed by atoms with van der Waals surface area (Å²) in [6.07, 6.45) is 0.397. The summed E-state index contributed by atoms with van der Waals surface area (Å²) in [5, 5.41) is 8.71. The van der Waals surface area contributed by atoms with Crippen molar-refractivity contribution in [2.24, 2.45) is 5.73 Å². The van der Waals surface area contributed by atoms with Crippen molar-refractivity contribution in [1.82, 2.24) is 0 Å². The van der Waals surface area contributed by atoms with Gasteiger partial charge < -0.3 is 25.1 Å². The van der Waals surface area contributed by atoms with Gasteiger partial charge in [-0.25, -0.2) is 0 Å². The molecular formula is C13H17NO5. The summed E-state index contributed by atoms with van der Waals surface area (Å²) >= 11 is 0. The third kappa shape index (κ3) is 3.15. The van der Waals surface area contributed by atoms with Gasteiger partial charge in [0.25, 0.3) is 0 Å².